The maximum atomic E-state index is 12.2. The summed E-state index contributed by atoms with van der Waals surface area (Å²) < 4.78 is 5.49. The van der Waals surface area contributed by atoms with E-state index in [4.69, 9.17) is 14.9 Å². The summed E-state index contributed by atoms with van der Waals surface area (Å²) in [6, 6.07) is 15.1. The Morgan fingerprint density at radius 3 is 2.25 bits per heavy atom. The van der Waals surface area contributed by atoms with E-state index in [0.717, 1.165) is 22.3 Å². The van der Waals surface area contributed by atoms with Gasteiger partial charge in [-0.3, -0.25) is 4.79 Å². The molecule has 0 radical (unpaired) electrons. The number of benzene rings is 2. The number of amides is 2. The molecule has 2 aliphatic carbocycles. The zero-order valence-corrected chi connectivity index (χ0v) is 17.5. The van der Waals surface area contributed by atoms with Crippen LogP contribution < -0.4 is 10.6 Å². The van der Waals surface area contributed by atoms with Crippen molar-refractivity contribution in [3.05, 3.63) is 59.7 Å². The molecule has 0 aliphatic heterocycles. The molecule has 3 atom stereocenters. The third-order valence-electron chi connectivity index (χ3n) is 6.14. The summed E-state index contributed by atoms with van der Waals surface area (Å²) in [5, 5.41) is 23.1. The first-order chi connectivity index (χ1) is 15.5. The Kier molecular flexibility index (Phi) is 6.41. The highest BCUT2D eigenvalue weighted by molar-refractivity contribution is 5.86. The quantitative estimate of drug-likeness (QED) is 0.475. The molecule has 168 valence electrons. The van der Waals surface area contributed by atoms with Crippen LogP contribution in [-0.4, -0.2) is 54.0 Å². The van der Waals surface area contributed by atoms with Gasteiger partial charge in [0, 0.05) is 31.4 Å². The Labute approximate surface area is 185 Å². The minimum atomic E-state index is -1.18. The molecule has 1 saturated carbocycles. The van der Waals surface area contributed by atoms with Gasteiger partial charge >= 0.3 is 12.1 Å². The first kappa shape index (κ1) is 21.8. The fourth-order valence-electron chi connectivity index (χ4n) is 4.32. The molecule has 2 aliphatic rings. The van der Waals surface area contributed by atoms with Gasteiger partial charge in [0.1, 0.15) is 12.6 Å². The lowest BCUT2D eigenvalue weighted by Gasteiger charge is -2.15. The molecule has 1 fully saturated rings. The number of hydrogen-bond donors (Lipinski definition) is 4. The van der Waals surface area contributed by atoms with Gasteiger partial charge in [-0.05, 0) is 34.6 Å². The highest BCUT2D eigenvalue weighted by Crippen LogP contribution is 2.44. The van der Waals surface area contributed by atoms with E-state index in [1.807, 2.05) is 24.3 Å². The fourth-order valence-corrected chi connectivity index (χ4v) is 4.32. The van der Waals surface area contributed by atoms with Gasteiger partial charge in [0.15, 0.2) is 0 Å². The third-order valence-corrected chi connectivity index (χ3v) is 6.14. The monoisotopic (exact) mass is 438 g/mol. The predicted octanol–water partition coefficient (Wildman–Crippen LogP) is 2.11. The molecular formula is C24H26N2O6. The number of carboxylic acids is 1. The van der Waals surface area contributed by atoms with Crippen molar-refractivity contribution in [1.29, 1.82) is 0 Å². The Balaban J connectivity index is 1.25. The number of rotatable bonds is 9. The van der Waals surface area contributed by atoms with Crippen molar-refractivity contribution in [2.45, 2.75) is 24.8 Å². The van der Waals surface area contributed by atoms with E-state index in [2.05, 4.69) is 34.9 Å². The third kappa shape index (κ3) is 4.60. The highest BCUT2D eigenvalue weighted by Gasteiger charge is 2.44. The summed E-state index contributed by atoms with van der Waals surface area (Å²) in [5.41, 5.74) is 4.59. The predicted molar refractivity (Wildman–Crippen MR) is 116 cm³/mol. The number of aliphatic hydroxyl groups excluding tert-OH is 1. The number of alkyl carbamates (subject to hydrolysis) is 1. The van der Waals surface area contributed by atoms with Gasteiger partial charge in [-0.1, -0.05) is 48.5 Å². The molecule has 8 nitrogen and oxygen atoms in total. The van der Waals surface area contributed by atoms with Gasteiger partial charge in [-0.15, -0.1) is 0 Å². The molecule has 0 bridgehead atoms. The Hall–Kier alpha value is -3.39. The molecule has 8 heteroatoms. The van der Waals surface area contributed by atoms with Crippen molar-refractivity contribution < 1.29 is 29.3 Å². The first-order valence-electron chi connectivity index (χ1n) is 10.7. The highest BCUT2D eigenvalue weighted by atomic mass is 16.5. The lowest BCUT2D eigenvalue weighted by Crippen LogP contribution is -2.42. The number of aliphatic hydroxyl groups is 1. The van der Waals surface area contributed by atoms with Crippen LogP contribution in [0.5, 0.6) is 0 Å². The van der Waals surface area contributed by atoms with Crippen molar-refractivity contribution >= 4 is 18.0 Å². The average Bonchev–Trinajstić information content (AvgIpc) is 3.51. The average molecular weight is 438 g/mol. The van der Waals surface area contributed by atoms with E-state index < -0.39 is 18.1 Å². The topological polar surface area (TPSA) is 125 Å². The summed E-state index contributed by atoms with van der Waals surface area (Å²) in [7, 11) is 0. The number of nitrogens with one attached hydrogen (secondary N) is 2. The number of carbonyl (C=O) groups excluding carboxylic acids is 2. The second-order valence-corrected chi connectivity index (χ2v) is 8.22. The Bertz CT molecular complexity index is 978. The van der Waals surface area contributed by atoms with Crippen LogP contribution in [0.4, 0.5) is 4.79 Å². The normalized spacial score (nSPS) is 19.4. The SMILES string of the molecule is O=C(NC[C@@H]1C[C@@H]1C(=O)N[C@@H](CCO)C(=O)O)OCC1c2ccccc2-c2ccccc21. The van der Waals surface area contributed by atoms with Crippen LogP contribution in [0.25, 0.3) is 11.1 Å². The number of carboxylic acid groups (broad SMARTS) is 1. The van der Waals surface area contributed by atoms with E-state index in [0.29, 0.717) is 6.42 Å². The number of hydrogen-bond acceptors (Lipinski definition) is 5. The van der Waals surface area contributed by atoms with E-state index >= 15 is 0 Å². The Morgan fingerprint density at radius 2 is 1.66 bits per heavy atom. The summed E-state index contributed by atoms with van der Waals surface area (Å²) in [6.07, 6.45) is -0.0150. The summed E-state index contributed by atoms with van der Waals surface area (Å²) in [5.74, 6) is -1.97. The molecule has 32 heavy (non-hydrogen) atoms. The maximum Gasteiger partial charge on any atom is 0.407 e. The fraction of sp³-hybridized carbons (Fsp3) is 0.375. The second-order valence-electron chi connectivity index (χ2n) is 8.22. The molecule has 0 saturated heterocycles. The van der Waals surface area contributed by atoms with E-state index in [-0.39, 0.29) is 49.8 Å². The maximum absolute atomic E-state index is 12.2. The molecule has 0 heterocycles. The van der Waals surface area contributed by atoms with Crippen molar-refractivity contribution in [3.63, 3.8) is 0 Å². The van der Waals surface area contributed by atoms with Crippen LogP contribution in [0.3, 0.4) is 0 Å². The molecule has 2 aromatic carbocycles. The van der Waals surface area contributed by atoms with Crippen LogP contribution >= 0.6 is 0 Å². The van der Waals surface area contributed by atoms with Crippen LogP contribution in [0.1, 0.15) is 29.9 Å². The van der Waals surface area contributed by atoms with E-state index in [1.54, 1.807) is 0 Å². The van der Waals surface area contributed by atoms with Gasteiger partial charge in [0.05, 0.1) is 0 Å². The van der Waals surface area contributed by atoms with Crippen LogP contribution in [0.15, 0.2) is 48.5 Å². The molecule has 4 rings (SSSR count). The Morgan fingerprint density at radius 1 is 1.03 bits per heavy atom. The van der Waals surface area contributed by atoms with Crippen molar-refractivity contribution in [1.82, 2.24) is 10.6 Å². The number of aliphatic carboxylic acids is 1. The number of fused-ring (bicyclic) bond motifs is 3. The molecular weight excluding hydrogens is 412 g/mol. The standard InChI is InChI=1S/C24H26N2O6/c27-10-9-21(23(29)30)26-22(28)19-11-14(19)12-25-24(31)32-13-20-17-7-3-1-5-15(17)16-6-2-4-8-18(16)20/h1-8,14,19-21,27H,9-13H2,(H,25,31)(H,26,28)(H,29,30)/t14-,19-,21-/m0/s1. The minimum absolute atomic E-state index is 0.0212. The van der Waals surface area contributed by atoms with Crippen molar-refractivity contribution in [3.8, 4) is 11.1 Å². The molecule has 4 N–H and O–H groups in total. The summed E-state index contributed by atoms with van der Waals surface area (Å²) >= 11 is 0. The molecule has 2 aromatic rings. The summed E-state index contributed by atoms with van der Waals surface area (Å²) in [6.45, 7) is 0.178. The van der Waals surface area contributed by atoms with Gasteiger partial charge in [-0.2, -0.15) is 0 Å². The van der Waals surface area contributed by atoms with E-state index in [1.165, 1.54) is 0 Å². The molecule has 0 aromatic heterocycles. The largest absolute Gasteiger partial charge is 0.480 e. The molecule has 0 unspecified atom stereocenters. The van der Waals surface area contributed by atoms with Crippen LogP contribution in [0.2, 0.25) is 0 Å². The number of ether oxygens (including phenoxy) is 1. The molecule has 0 spiro atoms. The summed E-state index contributed by atoms with van der Waals surface area (Å²) in [4.78, 5) is 35.5. The second kappa shape index (κ2) is 9.40. The molecule has 2 amide bonds. The lowest BCUT2D eigenvalue weighted by molar-refractivity contribution is -0.142. The van der Waals surface area contributed by atoms with E-state index in [9.17, 15) is 14.4 Å². The van der Waals surface area contributed by atoms with Gasteiger partial charge in [0.2, 0.25) is 5.91 Å². The van der Waals surface area contributed by atoms with Gasteiger partial charge in [0.25, 0.3) is 0 Å². The zero-order valence-electron chi connectivity index (χ0n) is 17.5. The number of carbonyl (C=O) groups is 3. The minimum Gasteiger partial charge on any atom is -0.480 e. The van der Waals surface area contributed by atoms with Crippen LogP contribution in [0, 0.1) is 11.8 Å². The smallest absolute Gasteiger partial charge is 0.407 e. The van der Waals surface area contributed by atoms with Gasteiger partial charge in [-0.25, -0.2) is 9.59 Å². The van der Waals surface area contributed by atoms with Gasteiger partial charge < -0.3 is 25.6 Å². The first-order valence-corrected chi connectivity index (χ1v) is 10.7. The zero-order chi connectivity index (χ0) is 22.7. The van der Waals surface area contributed by atoms with Crippen molar-refractivity contribution in [2.24, 2.45) is 11.8 Å². The lowest BCUT2D eigenvalue weighted by atomic mass is 9.98. The van der Waals surface area contributed by atoms with Crippen molar-refractivity contribution in [2.75, 3.05) is 19.8 Å². The van der Waals surface area contributed by atoms with Crippen LogP contribution in [-0.2, 0) is 14.3 Å².